The van der Waals surface area contributed by atoms with Crippen molar-refractivity contribution >= 4 is 146 Å². The summed E-state index contributed by atoms with van der Waals surface area (Å²) in [6, 6.07) is 165. The highest BCUT2D eigenvalue weighted by atomic mass is 31.2. The van der Waals surface area contributed by atoms with E-state index in [2.05, 4.69) is 276 Å². The molecule has 23 aromatic rings. The molecule has 0 radical (unpaired) electrons. The minimum Gasteiger partial charge on any atom is -0.309 e. The standard InChI is InChI=1S/C62H39N2OP.C56H39NO2P2/c65-66(44-15-3-1-4-16-44,45-17-5-2-6-18-45)46-33-35-51-50-34-31-43(38-56(50)62(57(51)39-46)54-23-11-9-20-48(54)49-21-10-12-24-55(49)62)41-29-27-40(28-30-41)42-32-36-59-53(37-42)47-19-7-8-22-52(47)61-63-58-25-13-14-26-60(58)64(59)61;58-60(45-16-5-1-6-17-45,46-18-7-2-8-19-46)49-31-25-40(26-32-49)42-29-35-51-52-36-30-43(38-55(52)57-54-24-14-13-15-44(54)39-56(57)53(51)37-42)41-27-33-50(34-28-41)61(59,47-20-9-3-10-21-47)48-22-11-4-12-23-48/h1-39H;1-39H. The van der Waals surface area contributed by atoms with E-state index in [4.69, 9.17) is 4.98 Å². The van der Waals surface area contributed by atoms with E-state index < -0.39 is 26.8 Å². The van der Waals surface area contributed by atoms with Crippen molar-refractivity contribution in [1.29, 1.82) is 0 Å². The van der Waals surface area contributed by atoms with Crippen LogP contribution in [0, 0.1) is 0 Å². The molecular formula is C118H78N3O3P3. The lowest BCUT2D eigenvalue weighted by Gasteiger charge is -2.31. The van der Waals surface area contributed by atoms with E-state index in [1.807, 2.05) is 206 Å². The summed E-state index contributed by atoms with van der Waals surface area (Å²) >= 11 is 0. The third-order valence-corrected chi connectivity index (χ3v) is 35.8. The number of benzene rings is 19. The van der Waals surface area contributed by atoms with Crippen molar-refractivity contribution in [3.8, 4) is 66.8 Å². The molecule has 6 nitrogen and oxygen atoms in total. The van der Waals surface area contributed by atoms with Crippen molar-refractivity contribution in [2.24, 2.45) is 0 Å². The molecular weight excluding hydrogens is 1600 g/mol. The van der Waals surface area contributed by atoms with Crippen LogP contribution in [-0.2, 0) is 19.1 Å². The Morgan fingerprint density at radius 1 is 0.189 bits per heavy atom. The molecule has 0 saturated carbocycles. The Morgan fingerprint density at radius 3 is 1.04 bits per heavy atom. The van der Waals surface area contributed by atoms with Crippen LogP contribution in [-0.4, -0.2) is 13.8 Å². The fraction of sp³-hybridized carbons (Fsp3) is 0.00847. The number of pyridine rings is 2. The SMILES string of the molecule is O=P(c1ccccc1)(c1ccccc1)c1ccc(-c2ccc3c4ccc(-c5ccc(P(=O)(c6ccccc6)c6ccccc6)cc5)cc4n4c5ccccc5cc4c3c2)cc1.O=P(c1ccccc1)(c1ccccc1)c1ccc2c(c1)C1(c3ccccc3-c3ccccc31)c1cc(-c3ccc(-c4ccc5c(c4)c4ccccc4c4nc6ccccc6n54)cc3)ccc1-2. The molecule has 0 aliphatic heterocycles. The third-order valence-electron chi connectivity index (χ3n) is 26.6. The van der Waals surface area contributed by atoms with Gasteiger partial charge < -0.3 is 18.1 Å². The summed E-state index contributed by atoms with van der Waals surface area (Å²) in [6.07, 6.45) is 0. The van der Waals surface area contributed by atoms with Crippen LogP contribution < -0.4 is 47.7 Å². The lowest BCUT2D eigenvalue weighted by atomic mass is 9.70. The molecule has 9 heteroatoms. The Labute approximate surface area is 735 Å². The molecule has 25 rings (SSSR count). The van der Waals surface area contributed by atoms with Crippen LogP contribution >= 0.6 is 21.4 Å². The smallest absolute Gasteiger partial charge is 0.171 e. The van der Waals surface area contributed by atoms with Crippen LogP contribution in [0.4, 0.5) is 0 Å². The van der Waals surface area contributed by atoms with Gasteiger partial charge in [0.1, 0.15) is 5.65 Å². The fourth-order valence-electron chi connectivity index (χ4n) is 20.7. The first-order chi connectivity index (χ1) is 62.6. The van der Waals surface area contributed by atoms with Gasteiger partial charge in [-0.25, -0.2) is 4.98 Å². The van der Waals surface area contributed by atoms with Crippen LogP contribution in [0.1, 0.15) is 22.3 Å². The fourth-order valence-corrected chi connectivity index (χ4v) is 28.6. The van der Waals surface area contributed by atoms with E-state index in [-0.39, 0.29) is 0 Å². The maximum atomic E-state index is 16.0. The third kappa shape index (κ3) is 11.9. The van der Waals surface area contributed by atoms with E-state index >= 15 is 13.7 Å². The molecule has 0 atom stereocenters. The summed E-state index contributed by atoms with van der Waals surface area (Å²) in [5.74, 6) is 0. The molecule has 4 aromatic heterocycles. The summed E-state index contributed by atoms with van der Waals surface area (Å²) in [4.78, 5) is 5.08. The highest BCUT2D eigenvalue weighted by Gasteiger charge is 2.52. The molecule has 4 heterocycles. The zero-order valence-corrected chi connectivity index (χ0v) is 71.6. The van der Waals surface area contributed by atoms with Gasteiger partial charge in [-0.2, -0.15) is 0 Å². The zero-order chi connectivity index (χ0) is 84.5. The molecule has 0 amide bonds. The van der Waals surface area contributed by atoms with Gasteiger partial charge in [-0.15, -0.1) is 0 Å². The van der Waals surface area contributed by atoms with Gasteiger partial charge in [0.2, 0.25) is 0 Å². The summed E-state index contributed by atoms with van der Waals surface area (Å²) in [7, 11) is -9.43. The molecule has 2 aliphatic carbocycles. The highest BCUT2D eigenvalue weighted by molar-refractivity contribution is 7.86. The number of para-hydroxylation sites is 3. The van der Waals surface area contributed by atoms with E-state index in [1.54, 1.807) is 0 Å². The predicted octanol–water partition coefficient (Wildman–Crippen LogP) is 26.1. The zero-order valence-electron chi connectivity index (χ0n) is 68.9. The van der Waals surface area contributed by atoms with Gasteiger partial charge in [-0.3, -0.25) is 4.40 Å². The number of aromatic nitrogens is 3. The normalized spacial score (nSPS) is 12.7. The summed E-state index contributed by atoms with van der Waals surface area (Å²) in [5, 5.41) is 15.7. The lowest BCUT2D eigenvalue weighted by molar-refractivity contribution is 0.591. The lowest BCUT2D eigenvalue weighted by Crippen LogP contribution is -2.29. The van der Waals surface area contributed by atoms with Crippen molar-refractivity contribution in [3.63, 3.8) is 0 Å². The van der Waals surface area contributed by atoms with E-state index in [1.165, 1.54) is 77.0 Å². The molecule has 2 aliphatic rings. The number of hydrogen-bond acceptors (Lipinski definition) is 4. The highest BCUT2D eigenvalue weighted by Crippen LogP contribution is 2.64. The molecule has 0 bridgehead atoms. The molecule has 0 N–H and O–H groups in total. The van der Waals surface area contributed by atoms with Crippen LogP contribution in [0.25, 0.3) is 143 Å². The van der Waals surface area contributed by atoms with Crippen molar-refractivity contribution in [3.05, 3.63) is 495 Å². The largest absolute Gasteiger partial charge is 0.309 e. The number of fused-ring (bicyclic) bond motifs is 26. The second-order valence-corrected chi connectivity index (χ2v) is 41.6. The van der Waals surface area contributed by atoms with Gasteiger partial charge in [0.25, 0.3) is 0 Å². The monoisotopic (exact) mass is 1680 g/mol. The number of rotatable bonds is 13. The molecule has 598 valence electrons. The summed E-state index contributed by atoms with van der Waals surface area (Å²) in [6.45, 7) is 0. The van der Waals surface area contributed by atoms with Crippen molar-refractivity contribution < 1.29 is 13.7 Å². The minimum absolute atomic E-state index is 0.609. The number of nitrogens with zero attached hydrogens (tertiary/aromatic N) is 3. The molecule has 19 aromatic carbocycles. The van der Waals surface area contributed by atoms with E-state index in [0.29, 0.717) is 0 Å². The Balaban J connectivity index is 0.000000142. The Hall–Kier alpha value is -15.1. The molecule has 1 spiro atoms. The quantitative estimate of drug-likeness (QED) is 0.0852. The van der Waals surface area contributed by atoms with Crippen LogP contribution in [0.15, 0.2) is 473 Å². The average Bonchev–Trinajstić information content (AvgIpc) is 1.50. The molecule has 0 unspecified atom stereocenters. The second-order valence-electron chi connectivity index (χ2n) is 33.3. The number of imidazole rings is 1. The van der Waals surface area contributed by atoms with Crippen molar-refractivity contribution in [2.75, 3.05) is 0 Å². The van der Waals surface area contributed by atoms with Gasteiger partial charge in [0.15, 0.2) is 21.4 Å². The van der Waals surface area contributed by atoms with Crippen LogP contribution in [0.3, 0.4) is 0 Å². The Kier molecular flexibility index (Phi) is 17.9. The predicted molar refractivity (Wildman–Crippen MR) is 534 cm³/mol. The Morgan fingerprint density at radius 2 is 0.520 bits per heavy atom. The molecule has 0 fully saturated rings. The number of hydrogen-bond donors (Lipinski definition) is 0. The first kappa shape index (κ1) is 75.6. The first-order valence-corrected chi connectivity index (χ1v) is 48.3. The van der Waals surface area contributed by atoms with Gasteiger partial charge in [0.05, 0.1) is 38.5 Å². The van der Waals surface area contributed by atoms with Gasteiger partial charge >= 0.3 is 0 Å². The summed E-state index contributed by atoms with van der Waals surface area (Å²) < 4.78 is 50.8. The topological polar surface area (TPSA) is 72.9 Å². The van der Waals surface area contributed by atoms with E-state index in [0.717, 1.165) is 136 Å². The second kappa shape index (κ2) is 30.1. The molecule has 127 heavy (non-hydrogen) atoms. The van der Waals surface area contributed by atoms with Crippen LogP contribution in [0.2, 0.25) is 0 Å². The minimum atomic E-state index is -3.27. The summed E-state index contributed by atoms with van der Waals surface area (Å²) in [5.41, 5.74) is 25.8. The van der Waals surface area contributed by atoms with Crippen molar-refractivity contribution in [2.45, 2.75) is 5.41 Å². The van der Waals surface area contributed by atoms with Gasteiger partial charge in [-0.05, 0) is 160 Å². The van der Waals surface area contributed by atoms with Gasteiger partial charge in [-0.1, -0.05) is 413 Å². The first-order valence-electron chi connectivity index (χ1n) is 43.2. The maximum absolute atomic E-state index is 16.0. The van der Waals surface area contributed by atoms with Gasteiger partial charge in [0, 0.05) is 74.7 Å². The van der Waals surface area contributed by atoms with Crippen LogP contribution in [0.5, 0.6) is 0 Å². The van der Waals surface area contributed by atoms with Crippen molar-refractivity contribution in [1.82, 2.24) is 13.8 Å². The van der Waals surface area contributed by atoms with E-state index in [9.17, 15) is 0 Å². The maximum Gasteiger partial charge on any atom is 0.171 e. The molecule has 0 saturated heterocycles. The average molecular weight is 1680 g/mol. The Bertz CT molecular complexity index is 8340.